The molecule has 4 heteroatoms. The minimum absolute atomic E-state index is 0.621. The van der Waals surface area contributed by atoms with Gasteiger partial charge in [-0.3, -0.25) is 0 Å². The van der Waals surface area contributed by atoms with E-state index in [1.807, 2.05) is 25.3 Å². The Hall–Kier alpha value is -1.55. The van der Waals surface area contributed by atoms with Gasteiger partial charge in [-0.15, -0.1) is 11.3 Å². The average molecular weight is 234 g/mol. The van der Waals surface area contributed by atoms with Crippen LogP contribution in [0.3, 0.4) is 0 Å². The zero-order chi connectivity index (χ0) is 11.4. The summed E-state index contributed by atoms with van der Waals surface area (Å²) >= 11 is 1.53. The minimum atomic E-state index is 0.621. The summed E-state index contributed by atoms with van der Waals surface area (Å²) in [5, 5.41) is 0.621. The molecule has 0 atom stereocenters. The lowest BCUT2D eigenvalue weighted by molar-refractivity contribution is 0.340. The second-order valence-electron chi connectivity index (χ2n) is 3.42. The predicted octanol–water partition coefficient (Wildman–Crippen LogP) is 2.71. The molecule has 0 amide bonds. The molecule has 16 heavy (non-hydrogen) atoms. The van der Waals surface area contributed by atoms with Crippen molar-refractivity contribution >= 4 is 16.5 Å². The van der Waals surface area contributed by atoms with Crippen molar-refractivity contribution < 1.29 is 4.74 Å². The number of anilines is 1. The van der Waals surface area contributed by atoms with Gasteiger partial charge in [0.15, 0.2) is 5.13 Å². The van der Waals surface area contributed by atoms with Crippen LogP contribution in [0.1, 0.15) is 17.4 Å². The van der Waals surface area contributed by atoms with E-state index in [-0.39, 0.29) is 0 Å². The Morgan fingerprint density at radius 3 is 3.00 bits per heavy atom. The monoisotopic (exact) mass is 234 g/mol. The Labute approximate surface area is 98.9 Å². The van der Waals surface area contributed by atoms with Gasteiger partial charge < -0.3 is 10.5 Å². The van der Waals surface area contributed by atoms with Crippen molar-refractivity contribution in [2.75, 3.05) is 12.3 Å². The standard InChI is InChI=1S/C12H14N2OS/c1-2-15-10-5-3-4-9(6-10)7-11-8-14-12(13)16-11/h3-6,8H,2,7H2,1H3,(H2,13,14). The summed E-state index contributed by atoms with van der Waals surface area (Å²) < 4.78 is 5.45. The van der Waals surface area contributed by atoms with Crippen LogP contribution >= 0.6 is 11.3 Å². The number of thiazole rings is 1. The third-order valence-corrected chi connectivity index (χ3v) is 2.99. The SMILES string of the molecule is CCOc1cccc(Cc2cnc(N)s2)c1. The van der Waals surface area contributed by atoms with Gasteiger partial charge in [0, 0.05) is 17.5 Å². The largest absolute Gasteiger partial charge is 0.494 e. The Bertz CT molecular complexity index is 468. The fourth-order valence-corrected chi connectivity index (χ4v) is 2.24. The molecular formula is C12H14N2OS. The number of ether oxygens (including phenoxy) is 1. The molecular weight excluding hydrogens is 220 g/mol. The van der Waals surface area contributed by atoms with E-state index in [0.29, 0.717) is 11.7 Å². The van der Waals surface area contributed by atoms with Gasteiger partial charge >= 0.3 is 0 Å². The number of nitrogen functional groups attached to an aromatic ring is 1. The Morgan fingerprint density at radius 2 is 2.31 bits per heavy atom. The summed E-state index contributed by atoms with van der Waals surface area (Å²) in [5.74, 6) is 0.914. The first-order chi connectivity index (χ1) is 7.78. The van der Waals surface area contributed by atoms with Crippen LogP contribution in [0.5, 0.6) is 5.75 Å². The molecule has 3 nitrogen and oxygen atoms in total. The zero-order valence-corrected chi connectivity index (χ0v) is 9.96. The second-order valence-corrected chi connectivity index (χ2v) is 4.57. The van der Waals surface area contributed by atoms with Gasteiger partial charge in [0.2, 0.25) is 0 Å². The van der Waals surface area contributed by atoms with E-state index < -0.39 is 0 Å². The lowest BCUT2D eigenvalue weighted by Gasteiger charge is -2.04. The van der Waals surface area contributed by atoms with Crippen molar-refractivity contribution in [3.63, 3.8) is 0 Å². The smallest absolute Gasteiger partial charge is 0.180 e. The van der Waals surface area contributed by atoms with E-state index >= 15 is 0 Å². The van der Waals surface area contributed by atoms with E-state index in [2.05, 4.69) is 17.1 Å². The van der Waals surface area contributed by atoms with Crippen LogP contribution in [0, 0.1) is 0 Å². The van der Waals surface area contributed by atoms with Crippen LogP contribution in [0.4, 0.5) is 5.13 Å². The first-order valence-corrected chi connectivity index (χ1v) is 6.01. The summed E-state index contributed by atoms with van der Waals surface area (Å²) in [6, 6.07) is 8.11. The van der Waals surface area contributed by atoms with Gasteiger partial charge in [0.1, 0.15) is 5.75 Å². The van der Waals surface area contributed by atoms with E-state index in [9.17, 15) is 0 Å². The molecule has 0 fully saturated rings. The lowest BCUT2D eigenvalue weighted by atomic mass is 10.1. The molecule has 1 aromatic carbocycles. The molecule has 1 heterocycles. The van der Waals surface area contributed by atoms with Crippen LogP contribution in [-0.2, 0) is 6.42 Å². The summed E-state index contributed by atoms with van der Waals surface area (Å²) in [6.45, 7) is 2.67. The molecule has 0 saturated heterocycles. The van der Waals surface area contributed by atoms with Gasteiger partial charge in [0.05, 0.1) is 6.61 Å². The van der Waals surface area contributed by atoms with Gasteiger partial charge in [-0.05, 0) is 24.6 Å². The van der Waals surface area contributed by atoms with Gasteiger partial charge in [-0.1, -0.05) is 12.1 Å². The summed E-state index contributed by atoms with van der Waals surface area (Å²) in [7, 11) is 0. The predicted molar refractivity (Wildman–Crippen MR) is 66.9 cm³/mol. The second kappa shape index (κ2) is 4.99. The van der Waals surface area contributed by atoms with Crippen LogP contribution < -0.4 is 10.5 Å². The number of aromatic nitrogens is 1. The molecule has 2 rings (SSSR count). The lowest BCUT2D eigenvalue weighted by Crippen LogP contribution is -1.92. The van der Waals surface area contributed by atoms with Crippen molar-refractivity contribution in [3.05, 3.63) is 40.9 Å². The highest BCUT2D eigenvalue weighted by atomic mass is 32.1. The Balaban J connectivity index is 2.12. The molecule has 0 aliphatic rings. The van der Waals surface area contributed by atoms with Crippen molar-refractivity contribution in [2.24, 2.45) is 0 Å². The summed E-state index contributed by atoms with van der Waals surface area (Å²) in [4.78, 5) is 5.21. The van der Waals surface area contributed by atoms with Gasteiger partial charge in [0.25, 0.3) is 0 Å². The number of benzene rings is 1. The van der Waals surface area contributed by atoms with Crippen molar-refractivity contribution in [2.45, 2.75) is 13.3 Å². The highest BCUT2D eigenvalue weighted by Gasteiger charge is 2.01. The van der Waals surface area contributed by atoms with Crippen LogP contribution in [0.2, 0.25) is 0 Å². The first kappa shape index (κ1) is 11.0. The van der Waals surface area contributed by atoms with Crippen molar-refractivity contribution in [3.8, 4) is 5.75 Å². The fraction of sp³-hybridized carbons (Fsp3) is 0.250. The maximum atomic E-state index is 5.59. The third kappa shape index (κ3) is 2.73. The molecule has 0 aliphatic heterocycles. The van der Waals surface area contributed by atoms with Gasteiger partial charge in [-0.2, -0.15) is 0 Å². The van der Waals surface area contributed by atoms with Crippen LogP contribution in [0.25, 0.3) is 0 Å². The van der Waals surface area contributed by atoms with E-state index in [1.165, 1.54) is 21.8 Å². The molecule has 2 aromatic rings. The fourth-order valence-electron chi connectivity index (χ4n) is 1.52. The molecule has 0 spiro atoms. The van der Waals surface area contributed by atoms with Crippen LogP contribution in [0.15, 0.2) is 30.5 Å². The number of hydrogen-bond donors (Lipinski definition) is 1. The maximum Gasteiger partial charge on any atom is 0.180 e. The zero-order valence-electron chi connectivity index (χ0n) is 9.14. The Kier molecular flexibility index (Phi) is 3.41. The summed E-state index contributed by atoms with van der Waals surface area (Å²) in [5.41, 5.74) is 6.81. The molecule has 0 aliphatic carbocycles. The molecule has 84 valence electrons. The molecule has 0 radical (unpaired) electrons. The van der Waals surface area contributed by atoms with E-state index in [4.69, 9.17) is 10.5 Å². The van der Waals surface area contributed by atoms with Crippen molar-refractivity contribution in [1.29, 1.82) is 0 Å². The molecule has 0 bridgehead atoms. The maximum absolute atomic E-state index is 5.59. The number of nitrogens with zero attached hydrogens (tertiary/aromatic N) is 1. The highest BCUT2D eigenvalue weighted by Crippen LogP contribution is 2.21. The normalized spacial score (nSPS) is 10.3. The van der Waals surface area contributed by atoms with E-state index in [1.54, 1.807) is 0 Å². The molecule has 0 saturated carbocycles. The highest BCUT2D eigenvalue weighted by molar-refractivity contribution is 7.15. The summed E-state index contributed by atoms with van der Waals surface area (Å²) in [6.07, 6.45) is 2.68. The number of nitrogens with two attached hydrogens (primary N) is 1. The van der Waals surface area contributed by atoms with Gasteiger partial charge in [-0.25, -0.2) is 4.98 Å². The van der Waals surface area contributed by atoms with Crippen molar-refractivity contribution in [1.82, 2.24) is 4.98 Å². The molecule has 1 aromatic heterocycles. The Morgan fingerprint density at radius 1 is 1.44 bits per heavy atom. The quantitative estimate of drug-likeness (QED) is 0.884. The number of hydrogen-bond acceptors (Lipinski definition) is 4. The van der Waals surface area contributed by atoms with Crippen LogP contribution in [-0.4, -0.2) is 11.6 Å². The molecule has 2 N–H and O–H groups in total. The third-order valence-electron chi connectivity index (χ3n) is 2.16. The topological polar surface area (TPSA) is 48.1 Å². The first-order valence-electron chi connectivity index (χ1n) is 5.20. The molecule has 0 unspecified atom stereocenters. The minimum Gasteiger partial charge on any atom is -0.494 e. The van der Waals surface area contributed by atoms with E-state index in [0.717, 1.165) is 12.2 Å². The average Bonchev–Trinajstić information content (AvgIpc) is 2.65. The number of rotatable bonds is 4.